The summed E-state index contributed by atoms with van der Waals surface area (Å²) in [4.78, 5) is 14.1. The molecule has 0 saturated heterocycles. The molecule has 1 aliphatic heterocycles. The largest absolute Gasteiger partial charge is 0.454 e. The first-order chi connectivity index (χ1) is 9.63. The summed E-state index contributed by atoms with van der Waals surface area (Å²) in [6, 6.07) is 7.39. The highest BCUT2D eigenvalue weighted by atomic mass is 16.7. The molecule has 1 aromatic carbocycles. The van der Waals surface area contributed by atoms with Crippen molar-refractivity contribution in [1.29, 1.82) is 0 Å². The van der Waals surface area contributed by atoms with Crippen LogP contribution in [0.1, 0.15) is 0 Å². The molecule has 0 fully saturated rings. The molecule has 102 valence electrons. The van der Waals surface area contributed by atoms with Gasteiger partial charge in [-0.3, -0.25) is 10.1 Å². The number of fused-ring (bicyclic) bond motifs is 1. The van der Waals surface area contributed by atoms with Gasteiger partial charge in [-0.15, -0.1) is 0 Å². The summed E-state index contributed by atoms with van der Waals surface area (Å²) in [7, 11) is 0. The number of benzene rings is 1. The summed E-state index contributed by atoms with van der Waals surface area (Å²) in [5.41, 5.74) is 5.25. The molecule has 0 aliphatic carbocycles. The predicted molar refractivity (Wildman–Crippen MR) is 67.9 cm³/mol. The second-order valence-electron chi connectivity index (χ2n) is 3.93. The van der Waals surface area contributed by atoms with Crippen LogP contribution >= 0.6 is 0 Å². The Morgan fingerprint density at radius 1 is 1.25 bits per heavy atom. The summed E-state index contributed by atoms with van der Waals surface area (Å²) in [5.74, 6) is 1.40. The summed E-state index contributed by atoms with van der Waals surface area (Å²) in [5, 5.41) is 10.9. The fraction of sp³-hybridized carbons (Fsp3) is 0.0833. The van der Waals surface area contributed by atoms with Crippen LogP contribution in [0, 0.1) is 10.1 Å². The van der Waals surface area contributed by atoms with Crippen molar-refractivity contribution < 1.29 is 19.1 Å². The second kappa shape index (κ2) is 4.57. The number of nitrogens with two attached hydrogens (primary N) is 1. The zero-order valence-electron chi connectivity index (χ0n) is 10.1. The molecule has 0 spiro atoms. The van der Waals surface area contributed by atoms with Gasteiger partial charge in [0.25, 0.3) is 0 Å². The highest BCUT2D eigenvalue weighted by Gasteiger charge is 2.20. The Morgan fingerprint density at radius 2 is 2.05 bits per heavy atom. The average Bonchev–Trinajstić information content (AvgIpc) is 2.85. The zero-order chi connectivity index (χ0) is 14.1. The lowest BCUT2D eigenvalue weighted by Crippen LogP contribution is -1.99. The summed E-state index contributed by atoms with van der Waals surface area (Å²) in [6.07, 6.45) is 0. The summed E-state index contributed by atoms with van der Waals surface area (Å²) < 4.78 is 15.8. The van der Waals surface area contributed by atoms with Gasteiger partial charge in [-0.05, 0) is 18.2 Å². The third-order valence-electron chi connectivity index (χ3n) is 2.62. The number of hydrogen-bond acceptors (Lipinski definition) is 7. The minimum Gasteiger partial charge on any atom is -0.454 e. The van der Waals surface area contributed by atoms with E-state index in [-0.39, 0.29) is 24.2 Å². The van der Waals surface area contributed by atoms with E-state index in [2.05, 4.69) is 4.98 Å². The quantitative estimate of drug-likeness (QED) is 0.674. The first kappa shape index (κ1) is 12.0. The molecule has 2 heterocycles. The molecule has 0 atom stereocenters. The van der Waals surface area contributed by atoms with Gasteiger partial charge in [-0.2, -0.15) is 4.98 Å². The normalized spacial score (nSPS) is 12.2. The third kappa shape index (κ3) is 2.14. The molecule has 0 radical (unpaired) electrons. The van der Waals surface area contributed by atoms with E-state index in [0.29, 0.717) is 17.2 Å². The molecular weight excluding hydrogens is 266 g/mol. The Balaban J connectivity index is 1.95. The maximum absolute atomic E-state index is 10.9. The van der Waals surface area contributed by atoms with Crippen LogP contribution in [0.5, 0.6) is 23.1 Å². The van der Waals surface area contributed by atoms with E-state index in [0.717, 1.165) is 0 Å². The van der Waals surface area contributed by atoms with Crippen LogP contribution in [0.3, 0.4) is 0 Å². The molecule has 8 nitrogen and oxygen atoms in total. The minimum absolute atomic E-state index is 0.131. The van der Waals surface area contributed by atoms with Crippen molar-refractivity contribution in [2.45, 2.75) is 0 Å². The van der Waals surface area contributed by atoms with Gasteiger partial charge in [0.1, 0.15) is 11.6 Å². The van der Waals surface area contributed by atoms with Gasteiger partial charge in [-0.1, -0.05) is 0 Å². The van der Waals surface area contributed by atoms with Crippen molar-refractivity contribution in [2.24, 2.45) is 0 Å². The monoisotopic (exact) mass is 275 g/mol. The lowest BCUT2D eigenvalue weighted by molar-refractivity contribution is -0.386. The van der Waals surface area contributed by atoms with E-state index in [4.69, 9.17) is 19.9 Å². The average molecular weight is 275 g/mol. The smallest absolute Gasteiger partial charge is 0.331 e. The van der Waals surface area contributed by atoms with Crippen molar-refractivity contribution in [3.8, 4) is 23.1 Å². The predicted octanol–water partition coefficient (Wildman–Crippen LogP) is 2.09. The Bertz CT molecular complexity index is 689. The van der Waals surface area contributed by atoms with E-state index in [9.17, 15) is 10.1 Å². The van der Waals surface area contributed by atoms with Gasteiger partial charge in [0.15, 0.2) is 11.5 Å². The van der Waals surface area contributed by atoms with Crippen molar-refractivity contribution >= 4 is 11.5 Å². The molecule has 0 bridgehead atoms. The Kier molecular flexibility index (Phi) is 2.75. The van der Waals surface area contributed by atoms with Crippen LogP contribution in [-0.4, -0.2) is 16.7 Å². The molecule has 3 rings (SSSR count). The van der Waals surface area contributed by atoms with Crippen molar-refractivity contribution in [3.05, 3.63) is 40.4 Å². The van der Waals surface area contributed by atoms with Crippen molar-refractivity contribution in [2.75, 3.05) is 12.5 Å². The molecule has 0 unspecified atom stereocenters. The first-order valence-electron chi connectivity index (χ1n) is 5.62. The molecule has 20 heavy (non-hydrogen) atoms. The molecule has 2 N–H and O–H groups in total. The Labute approximate surface area is 112 Å². The lowest BCUT2D eigenvalue weighted by Gasteiger charge is -2.06. The second-order valence-corrected chi connectivity index (χ2v) is 3.93. The van der Waals surface area contributed by atoms with E-state index in [1.807, 2.05) is 0 Å². The summed E-state index contributed by atoms with van der Waals surface area (Å²) >= 11 is 0. The van der Waals surface area contributed by atoms with Crippen molar-refractivity contribution in [3.63, 3.8) is 0 Å². The van der Waals surface area contributed by atoms with Gasteiger partial charge < -0.3 is 19.9 Å². The van der Waals surface area contributed by atoms with Crippen LogP contribution in [0.2, 0.25) is 0 Å². The number of rotatable bonds is 3. The van der Waals surface area contributed by atoms with Gasteiger partial charge in [0.05, 0.1) is 4.92 Å². The number of nitrogens with zero attached hydrogens (tertiary/aromatic N) is 2. The Morgan fingerprint density at radius 3 is 2.85 bits per heavy atom. The Hall–Kier alpha value is -3.03. The van der Waals surface area contributed by atoms with Crippen LogP contribution in [0.4, 0.5) is 11.5 Å². The number of anilines is 1. The van der Waals surface area contributed by atoms with Crippen LogP contribution in [0.25, 0.3) is 0 Å². The number of nitro groups is 1. The van der Waals surface area contributed by atoms with Crippen LogP contribution < -0.4 is 19.9 Å². The van der Waals surface area contributed by atoms with Gasteiger partial charge >= 0.3 is 11.6 Å². The number of aromatic nitrogens is 1. The van der Waals surface area contributed by atoms with E-state index in [1.165, 1.54) is 12.1 Å². The number of pyridine rings is 1. The molecule has 2 aromatic rings. The molecule has 8 heteroatoms. The van der Waals surface area contributed by atoms with Crippen LogP contribution in [-0.2, 0) is 0 Å². The molecular formula is C12H9N3O5. The van der Waals surface area contributed by atoms with Crippen LogP contribution in [0.15, 0.2) is 30.3 Å². The van der Waals surface area contributed by atoms with Crippen molar-refractivity contribution in [1.82, 2.24) is 4.98 Å². The molecule has 1 aromatic heterocycles. The van der Waals surface area contributed by atoms with Gasteiger partial charge in [0, 0.05) is 12.1 Å². The number of hydrogen-bond donors (Lipinski definition) is 1. The van der Waals surface area contributed by atoms with E-state index < -0.39 is 4.92 Å². The first-order valence-corrected chi connectivity index (χ1v) is 5.62. The lowest BCUT2D eigenvalue weighted by atomic mass is 10.3. The third-order valence-corrected chi connectivity index (χ3v) is 2.62. The number of nitrogen functional groups attached to an aromatic ring is 1. The molecule has 0 amide bonds. The van der Waals surface area contributed by atoms with Gasteiger partial charge in [-0.25, -0.2) is 0 Å². The SMILES string of the molecule is Nc1ccc([N+](=O)[O-])c(Oc2ccc3c(c2)OCO3)n1. The minimum atomic E-state index is -0.589. The molecule has 1 aliphatic rings. The maximum Gasteiger partial charge on any atom is 0.331 e. The summed E-state index contributed by atoms with van der Waals surface area (Å²) in [6.45, 7) is 0.134. The highest BCUT2D eigenvalue weighted by Crippen LogP contribution is 2.37. The van der Waals surface area contributed by atoms with E-state index in [1.54, 1.807) is 18.2 Å². The fourth-order valence-electron chi connectivity index (χ4n) is 1.71. The molecule has 0 saturated carbocycles. The van der Waals surface area contributed by atoms with Gasteiger partial charge in [0.2, 0.25) is 6.79 Å². The highest BCUT2D eigenvalue weighted by molar-refractivity contribution is 5.51. The fourth-order valence-corrected chi connectivity index (χ4v) is 1.71. The standard InChI is InChI=1S/C12H9N3O5/c13-11-4-2-8(15(16)17)12(14-11)20-7-1-3-9-10(5-7)19-6-18-9/h1-5H,6H2,(H2,13,14). The topological polar surface area (TPSA) is 110 Å². The zero-order valence-corrected chi connectivity index (χ0v) is 10.1. The maximum atomic E-state index is 10.9. The number of ether oxygens (including phenoxy) is 3. The van der Waals surface area contributed by atoms with E-state index >= 15 is 0 Å².